The number of halogens is 1. The molecule has 2 aliphatic rings. The number of carbonyl (C=O) groups excluding carboxylic acids is 1. The monoisotopic (exact) mass is 306 g/mol. The highest BCUT2D eigenvalue weighted by atomic mass is 35.5. The lowest BCUT2D eigenvalue weighted by Crippen LogP contribution is -2.48. The topological polar surface area (TPSA) is 23.6 Å². The lowest BCUT2D eigenvalue weighted by atomic mass is 9.99. The molecule has 0 N–H and O–H groups in total. The Labute approximate surface area is 131 Å². The summed E-state index contributed by atoms with van der Waals surface area (Å²) in [6.45, 7) is 4.22. The van der Waals surface area contributed by atoms with Crippen molar-refractivity contribution in [3.8, 4) is 0 Å². The molecule has 0 atom stereocenters. The first-order valence-corrected chi connectivity index (χ1v) is 8.41. The minimum absolute atomic E-state index is 0.120. The Hall–Kier alpha value is -1.06. The number of nitrogens with zero attached hydrogens (tertiary/aromatic N) is 2. The van der Waals surface area contributed by atoms with Crippen LogP contribution in [0.2, 0.25) is 5.02 Å². The van der Waals surface area contributed by atoms with Crippen LogP contribution in [0.5, 0.6) is 0 Å². The second-order valence-corrected chi connectivity index (χ2v) is 6.57. The van der Waals surface area contributed by atoms with Crippen LogP contribution >= 0.6 is 11.6 Å². The number of hydrogen-bond acceptors (Lipinski definition) is 2. The zero-order chi connectivity index (χ0) is 14.7. The van der Waals surface area contributed by atoms with Gasteiger partial charge in [-0.1, -0.05) is 24.1 Å². The van der Waals surface area contributed by atoms with Crippen LogP contribution in [0.1, 0.15) is 42.5 Å². The molecule has 0 saturated carbocycles. The van der Waals surface area contributed by atoms with E-state index in [-0.39, 0.29) is 5.91 Å². The molecule has 3 nitrogen and oxygen atoms in total. The highest BCUT2D eigenvalue weighted by Crippen LogP contribution is 2.22. The average molecular weight is 307 g/mol. The van der Waals surface area contributed by atoms with Crippen molar-refractivity contribution < 1.29 is 4.79 Å². The van der Waals surface area contributed by atoms with Crippen LogP contribution in [0, 0.1) is 0 Å². The summed E-state index contributed by atoms with van der Waals surface area (Å²) in [7, 11) is 0. The van der Waals surface area contributed by atoms with E-state index >= 15 is 0 Å². The summed E-state index contributed by atoms with van der Waals surface area (Å²) < 4.78 is 0. The van der Waals surface area contributed by atoms with Crippen LogP contribution in [0.4, 0.5) is 0 Å². The van der Waals surface area contributed by atoms with E-state index in [4.69, 9.17) is 11.6 Å². The number of benzene rings is 1. The molecule has 0 bridgehead atoms. The molecule has 21 heavy (non-hydrogen) atoms. The van der Waals surface area contributed by atoms with Crippen molar-refractivity contribution in [1.82, 2.24) is 9.80 Å². The lowest BCUT2D eigenvalue weighted by molar-refractivity contribution is 0.0590. The molecule has 1 aromatic rings. The molecule has 2 saturated heterocycles. The number of hydrogen-bond donors (Lipinski definition) is 0. The lowest BCUT2D eigenvalue weighted by Gasteiger charge is -2.40. The molecule has 0 aliphatic carbocycles. The summed E-state index contributed by atoms with van der Waals surface area (Å²) >= 11 is 5.98. The van der Waals surface area contributed by atoms with Crippen LogP contribution in [-0.4, -0.2) is 47.9 Å². The van der Waals surface area contributed by atoms with E-state index in [2.05, 4.69) is 4.90 Å². The maximum Gasteiger partial charge on any atom is 0.253 e. The van der Waals surface area contributed by atoms with Crippen LogP contribution < -0.4 is 0 Å². The van der Waals surface area contributed by atoms with Gasteiger partial charge in [0.15, 0.2) is 0 Å². The van der Waals surface area contributed by atoms with Gasteiger partial charge in [0.05, 0.1) is 0 Å². The molecule has 4 heteroatoms. The smallest absolute Gasteiger partial charge is 0.253 e. The summed E-state index contributed by atoms with van der Waals surface area (Å²) in [5.74, 6) is 0.120. The Balaban J connectivity index is 1.56. The number of rotatable bonds is 2. The Morgan fingerprint density at radius 2 is 1.76 bits per heavy atom. The SMILES string of the molecule is O=C(c1cccc(Cl)c1)N1CCC(N2CCCCC2)CC1. The first-order valence-electron chi connectivity index (χ1n) is 8.03. The predicted octanol–water partition coefficient (Wildman–Crippen LogP) is 3.43. The molecule has 3 rings (SSSR count). The van der Waals surface area contributed by atoms with Crippen molar-refractivity contribution in [1.29, 1.82) is 0 Å². The molecule has 0 radical (unpaired) electrons. The first kappa shape index (κ1) is 14.9. The van der Waals surface area contributed by atoms with Gasteiger partial charge >= 0.3 is 0 Å². The van der Waals surface area contributed by atoms with Crippen molar-refractivity contribution >= 4 is 17.5 Å². The van der Waals surface area contributed by atoms with E-state index in [0.29, 0.717) is 16.6 Å². The van der Waals surface area contributed by atoms with E-state index in [1.807, 2.05) is 17.0 Å². The molecule has 0 spiro atoms. The van der Waals surface area contributed by atoms with Crippen molar-refractivity contribution in [3.63, 3.8) is 0 Å². The van der Waals surface area contributed by atoms with Gasteiger partial charge in [-0.15, -0.1) is 0 Å². The van der Waals surface area contributed by atoms with Gasteiger partial charge < -0.3 is 9.80 Å². The van der Waals surface area contributed by atoms with Gasteiger partial charge in [0, 0.05) is 29.7 Å². The van der Waals surface area contributed by atoms with Gasteiger partial charge in [-0.05, 0) is 57.0 Å². The number of amides is 1. The maximum absolute atomic E-state index is 12.5. The van der Waals surface area contributed by atoms with Gasteiger partial charge in [-0.2, -0.15) is 0 Å². The zero-order valence-electron chi connectivity index (χ0n) is 12.4. The molecule has 1 amide bonds. The molecule has 2 heterocycles. The quantitative estimate of drug-likeness (QED) is 0.836. The Morgan fingerprint density at radius 1 is 1.05 bits per heavy atom. The number of piperidine rings is 2. The van der Waals surface area contributed by atoms with E-state index < -0.39 is 0 Å². The first-order chi connectivity index (χ1) is 10.2. The molecular formula is C17H23ClN2O. The molecular weight excluding hydrogens is 284 g/mol. The highest BCUT2D eigenvalue weighted by molar-refractivity contribution is 6.30. The molecule has 2 aliphatic heterocycles. The third-order valence-electron chi connectivity index (χ3n) is 4.73. The van der Waals surface area contributed by atoms with E-state index in [9.17, 15) is 4.79 Å². The third kappa shape index (κ3) is 3.58. The number of carbonyl (C=O) groups is 1. The van der Waals surface area contributed by atoms with Crippen molar-refractivity contribution in [3.05, 3.63) is 34.9 Å². The van der Waals surface area contributed by atoms with Crippen LogP contribution in [0.3, 0.4) is 0 Å². The largest absolute Gasteiger partial charge is 0.339 e. The third-order valence-corrected chi connectivity index (χ3v) is 4.97. The van der Waals surface area contributed by atoms with Crippen LogP contribution in [0.15, 0.2) is 24.3 Å². The molecule has 0 unspecified atom stereocenters. The second-order valence-electron chi connectivity index (χ2n) is 6.13. The predicted molar refractivity (Wildman–Crippen MR) is 85.8 cm³/mol. The van der Waals surface area contributed by atoms with E-state index in [1.165, 1.54) is 32.4 Å². The Bertz CT molecular complexity index is 491. The minimum Gasteiger partial charge on any atom is -0.339 e. The normalized spacial score (nSPS) is 21.5. The molecule has 114 valence electrons. The summed E-state index contributed by atoms with van der Waals surface area (Å²) in [5, 5.41) is 0.629. The second kappa shape index (κ2) is 6.80. The number of likely N-dealkylation sites (tertiary alicyclic amines) is 2. The fraction of sp³-hybridized carbons (Fsp3) is 0.588. The fourth-order valence-electron chi connectivity index (χ4n) is 3.52. The fourth-order valence-corrected chi connectivity index (χ4v) is 3.71. The van der Waals surface area contributed by atoms with Crippen molar-refractivity contribution in [2.24, 2.45) is 0 Å². The standard InChI is InChI=1S/C17H23ClN2O/c18-15-6-4-5-14(13-15)17(21)20-11-7-16(8-12-20)19-9-2-1-3-10-19/h4-6,13,16H,1-3,7-12H2. The summed E-state index contributed by atoms with van der Waals surface area (Å²) in [4.78, 5) is 17.1. The Morgan fingerprint density at radius 3 is 2.43 bits per heavy atom. The van der Waals surface area contributed by atoms with Crippen molar-refractivity contribution in [2.75, 3.05) is 26.2 Å². The van der Waals surface area contributed by atoms with E-state index in [1.54, 1.807) is 12.1 Å². The summed E-state index contributed by atoms with van der Waals surface area (Å²) in [5.41, 5.74) is 0.707. The Kier molecular flexibility index (Phi) is 4.81. The van der Waals surface area contributed by atoms with Crippen LogP contribution in [0.25, 0.3) is 0 Å². The highest BCUT2D eigenvalue weighted by Gasteiger charge is 2.27. The molecule has 0 aromatic heterocycles. The maximum atomic E-state index is 12.5. The van der Waals surface area contributed by atoms with Crippen LogP contribution in [-0.2, 0) is 0 Å². The minimum atomic E-state index is 0.120. The molecule has 1 aromatic carbocycles. The summed E-state index contributed by atoms with van der Waals surface area (Å²) in [6.07, 6.45) is 6.25. The van der Waals surface area contributed by atoms with Gasteiger partial charge in [-0.3, -0.25) is 4.79 Å². The average Bonchev–Trinajstić information content (AvgIpc) is 2.55. The zero-order valence-corrected chi connectivity index (χ0v) is 13.2. The summed E-state index contributed by atoms with van der Waals surface area (Å²) in [6, 6.07) is 7.94. The van der Waals surface area contributed by atoms with Gasteiger partial charge in [0.2, 0.25) is 0 Å². The van der Waals surface area contributed by atoms with Gasteiger partial charge in [0.1, 0.15) is 0 Å². The van der Waals surface area contributed by atoms with Gasteiger partial charge in [-0.25, -0.2) is 0 Å². The van der Waals surface area contributed by atoms with E-state index in [0.717, 1.165) is 25.9 Å². The molecule has 2 fully saturated rings. The van der Waals surface area contributed by atoms with Crippen molar-refractivity contribution in [2.45, 2.75) is 38.1 Å². The van der Waals surface area contributed by atoms with Gasteiger partial charge in [0.25, 0.3) is 5.91 Å².